The Labute approximate surface area is 162 Å². The molecule has 0 aliphatic carbocycles. The summed E-state index contributed by atoms with van der Waals surface area (Å²) >= 11 is 0. The highest BCUT2D eigenvalue weighted by atomic mass is 32.2. The molecule has 1 amide bonds. The third-order valence-corrected chi connectivity index (χ3v) is 5.15. The molecule has 0 heterocycles. The second kappa shape index (κ2) is 8.61. The standard InChI is InChI=1S/C18H20N4O5S/c1-13(15-8-7-11-17(12-15)22(24)25)19-20-18(23)14(2)21(28(3,26)27)16-9-5-4-6-10-16/h4-12,14H,1-3H3,(H,20,23)/b19-13-/t14-/m0/s1. The minimum Gasteiger partial charge on any atom is -0.271 e. The number of rotatable bonds is 7. The van der Waals surface area contributed by atoms with Gasteiger partial charge in [0, 0.05) is 17.7 Å². The van der Waals surface area contributed by atoms with Crippen LogP contribution in [0.25, 0.3) is 0 Å². The van der Waals surface area contributed by atoms with Gasteiger partial charge in [-0.3, -0.25) is 19.2 Å². The van der Waals surface area contributed by atoms with Gasteiger partial charge in [-0.15, -0.1) is 0 Å². The van der Waals surface area contributed by atoms with E-state index in [1.165, 1.54) is 25.1 Å². The molecule has 0 spiro atoms. The maximum Gasteiger partial charge on any atom is 0.270 e. The normalized spacial score (nSPS) is 12.9. The number of nitrogens with one attached hydrogen (secondary N) is 1. The molecule has 2 rings (SSSR count). The predicted octanol–water partition coefficient (Wildman–Crippen LogP) is 2.29. The quantitative estimate of drug-likeness (QED) is 0.431. The molecular formula is C18H20N4O5S. The first-order valence-corrected chi connectivity index (χ1v) is 10.1. The Morgan fingerprint density at radius 3 is 2.39 bits per heavy atom. The van der Waals surface area contributed by atoms with E-state index in [9.17, 15) is 23.3 Å². The van der Waals surface area contributed by atoms with Crippen molar-refractivity contribution in [3.8, 4) is 0 Å². The van der Waals surface area contributed by atoms with E-state index in [0.717, 1.165) is 10.6 Å². The fraction of sp³-hybridized carbons (Fsp3) is 0.222. The zero-order valence-electron chi connectivity index (χ0n) is 15.6. The van der Waals surface area contributed by atoms with Gasteiger partial charge in [-0.05, 0) is 26.0 Å². The van der Waals surface area contributed by atoms with Gasteiger partial charge in [0.1, 0.15) is 6.04 Å². The van der Waals surface area contributed by atoms with Crippen molar-refractivity contribution in [2.45, 2.75) is 19.9 Å². The van der Waals surface area contributed by atoms with E-state index >= 15 is 0 Å². The van der Waals surface area contributed by atoms with E-state index in [1.54, 1.807) is 43.3 Å². The van der Waals surface area contributed by atoms with E-state index in [-0.39, 0.29) is 5.69 Å². The number of benzene rings is 2. The van der Waals surface area contributed by atoms with Crippen molar-refractivity contribution in [1.82, 2.24) is 5.43 Å². The summed E-state index contributed by atoms with van der Waals surface area (Å²) in [6.07, 6.45) is 1.02. The third kappa shape index (κ3) is 5.13. The van der Waals surface area contributed by atoms with Crippen LogP contribution < -0.4 is 9.73 Å². The number of nitrogens with zero attached hydrogens (tertiary/aromatic N) is 3. The Balaban J connectivity index is 2.21. The van der Waals surface area contributed by atoms with Gasteiger partial charge in [0.05, 0.1) is 22.6 Å². The van der Waals surface area contributed by atoms with Crippen LogP contribution in [0.5, 0.6) is 0 Å². The van der Waals surface area contributed by atoms with E-state index < -0.39 is 26.9 Å². The summed E-state index contributed by atoms with van der Waals surface area (Å²) in [5.74, 6) is -0.640. The Kier molecular flexibility index (Phi) is 6.47. The van der Waals surface area contributed by atoms with Gasteiger partial charge in [-0.2, -0.15) is 5.10 Å². The average Bonchev–Trinajstić information content (AvgIpc) is 2.65. The second-order valence-electron chi connectivity index (χ2n) is 6.05. The summed E-state index contributed by atoms with van der Waals surface area (Å²) in [5, 5.41) is 14.8. The minimum atomic E-state index is -3.72. The summed E-state index contributed by atoms with van der Waals surface area (Å²) < 4.78 is 25.4. The van der Waals surface area contributed by atoms with Gasteiger partial charge in [-0.25, -0.2) is 13.8 Å². The number of anilines is 1. The molecular weight excluding hydrogens is 384 g/mol. The molecule has 0 fully saturated rings. The van der Waals surface area contributed by atoms with Gasteiger partial charge in [-0.1, -0.05) is 30.3 Å². The SMILES string of the molecule is C/C(=N/NC(=O)[C@H](C)N(c1ccccc1)S(C)(=O)=O)c1cccc([N+](=O)[O-])c1. The molecule has 9 nitrogen and oxygen atoms in total. The second-order valence-corrected chi connectivity index (χ2v) is 7.91. The first-order valence-electron chi connectivity index (χ1n) is 8.24. The van der Waals surface area contributed by atoms with Crippen LogP contribution in [-0.4, -0.2) is 37.3 Å². The average molecular weight is 404 g/mol. The van der Waals surface area contributed by atoms with Gasteiger partial charge in [0.15, 0.2) is 0 Å². The number of carbonyl (C=O) groups is 1. The number of hydrogen-bond donors (Lipinski definition) is 1. The van der Waals surface area contributed by atoms with Crippen LogP contribution in [-0.2, 0) is 14.8 Å². The lowest BCUT2D eigenvalue weighted by molar-refractivity contribution is -0.384. The maximum atomic E-state index is 12.5. The van der Waals surface area contributed by atoms with Crippen LogP contribution in [0, 0.1) is 10.1 Å². The molecule has 0 saturated carbocycles. The van der Waals surface area contributed by atoms with Crippen LogP contribution in [0.1, 0.15) is 19.4 Å². The number of nitro benzene ring substituents is 1. The molecule has 148 valence electrons. The highest BCUT2D eigenvalue weighted by Gasteiger charge is 2.28. The Morgan fingerprint density at radius 2 is 1.82 bits per heavy atom. The van der Waals surface area contributed by atoms with Crippen LogP contribution in [0.3, 0.4) is 0 Å². The lowest BCUT2D eigenvalue weighted by Crippen LogP contribution is -2.46. The monoisotopic (exact) mass is 404 g/mol. The van der Waals surface area contributed by atoms with Crippen molar-refractivity contribution in [2.24, 2.45) is 5.10 Å². The molecule has 1 atom stereocenters. The number of hydrogen-bond acceptors (Lipinski definition) is 6. The zero-order chi connectivity index (χ0) is 20.9. The Morgan fingerprint density at radius 1 is 1.18 bits per heavy atom. The Hall–Kier alpha value is -3.27. The summed E-state index contributed by atoms with van der Waals surface area (Å²) in [6.45, 7) is 3.02. The van der Waals surface area contributed by atoms with E-state index in [1.807, 2.05) is 0 Å². The first kappa shape index (κ1) is 21.0. The van der Waals surface area contributed by atoms with Crippen molar-refractivity contribution in [2.75, 3.05) is 10.6 Å². The summed E-state index contributed by atoms with van der Waals surface area (Å²) in [7, 11) is -3.72. The molecule has 0 bridgehead atoms. The fourth-order valence-corrected chi connectivity index (χ4v) is 3.70. The third-order valence-electron chi connectivity index (χ3n) is 3.91. The summed E-state index contributed by atoms with van der Waals surface area (Å²) in [6, 6.07) is 13.0. The minimum absolute atomic E-state index is 0.0981. The number of nitro groups is 1. The highest BCUT2D eigenvalue weighted by molar-refractivity contribution is 7.92. The molecule has 2 aromatic carbocycles. The van der Waals surface area contributed by atoms with Gasteiger partial charge in [0.2, 0.25) is 10.0 Å². The summed E-state index contributed by atoms with van der Waals surface area (Å²) in [5.41, 5.74) is 3.39. The van der Waals surface area contributed by atoms with Gasteiger partial charge < -0.3 is 0 Å². The molecule has 0 radical (unpaired) electrons. The first-order chi connectivity index (χ1) is 13.1. The van der Waals surface area contributed by atoms with Gasteiger partial charge >= 0.3 is 0 Å². The molecule has 10 heteroatoms. The van der Waals surface area contributed by atoms with Crippen molar-refractivity contribution in [3.63, 3.8) is 0 Å². The maximum absolute atomic E-state index is 12.5. The fourth-order valence-electron chi connectivity index (χ4n) is 2.53. The van der Waals surface area contributed by atoms with Crippen molar-refractivity contribution < 1.29 is 18.1 Å². The number of carbonyl (C=O) groups excluding carboxylic acids is 1. The van der Waals surface area contributed by atoms with E-state index in [4.69, 9.17) is 0 Å². The molecule has 0 aliphatic rings. The van der Waals surface area contributed by atoms with Crippen LogP contribution in [0.2, 0.25) is 0 Å². The smallest absolute Gasteiger partial charge is 0.270 e. The van der Waals surface area contributed by atoms with Crippen LogP contribution in [0.15, 0.2) is 59.7 Å². The van der Waals surface area contributed by atoms with Crippen molar-refractivity contribution in [3.05, 3.63) is 70.3 Å². The number of sulfonamides is 1. The molecule has 0 saturated heterocycles. The Bertz CT molecular complexity index is 1010. The van der Waals surface area contributed by atoms with E-state index in [0.29, 0.717) is 17.0 Å². The molecule has 1 N–H and O–H groups in total. The lowest BCUT2D eigenvalue weighted by atomic mass is 10.1. The molecule has 0 aliphatic heterocycles. The van der Waals surface area contributed by atoms with Crippen LogP contribution >= 0.6 is 0 Å². The highest BCUT2D eigenvalue weighted by Crippen LogP contribution is 2.20. The number of amides is 1. The van der Waals surface area contributed by atoms with Crippen LogP contribution in [0.4, 0.5) is 11.4 Å². The number of para-hydroxylation sites is 1. The lowest BCUT2D eigenvalue weighted by Gasteiger charge is -2.27. The molecule has 28 heavy (non-hydrogen) atoms. The largest absolute Gasteiger partial charge is 0.271 e. The number of hydrazone groups is 1. The zero-order valence-corrected chi connectivity index (χ0v) is 16.4. The number of non-ortho nitro benzene ring substituents is 1. The predicted molar refractivity (Wildman–Crippen MR) is 107 cm³/mol. The van der Waals surface area contributed by atoms with Gasteiger partial charge in [0.25, 0.3) is 11.6 Å². The molecule has 0 unspecified atom stereocenters. The molecule has 2 aromatic rings. The van der Waals surface area contributed by atoms with E-state index in [2.05, 4.69) is 10.5 Å². The van der Waals surface area contributed by atoms with Crippen molar-refractivity contribution >= 4 is 33.0 Å². The molecule has 0 aromatic heterocycles. The van der Waals surface area contributed by atoms with Crippen molar-refractivity contribution in [1.29, 1.82) is 0 Å². The summed E-state index contributed by atoms with van der Waals surface area (Å²) in [4.78, 5) is 22.8. The topological polar surface area (TPSA) is 122 Å².